The van der Waals surface area contributed by atoms with Gasteiger partial charge in [-0.15, -0.1) is 0 Å². The zero-order valence-electron chi connectivity index (χ0n) is 15.5. The van der Waals surface area contributed by atoms with Crippen molar-refractivity contribution in [1.29, 1.82) is 0 Å². The van der Waals surface area contributed by atoms with Crippen molar-refractivity contribution in [3.63, 3.8) is 0 Å². The van der Waals surface area contributed by atoms with Crippen molar-refractivity contribution in [1.82, 2.24) is 4.90 Å². The molecule has 1 aromatic rings. The Morgan fingerprint density at radius 1 is 1.36 bits per heavy atom. The Morgan fingerprint density at radius 3 is 2.64 bits per heavy atom. The first kappa shape index (κ1) is 20.2. The molecule has 10 heteroatoms. The van der Waals surface area contributed by atoms with Crippen LogP contribution in [0.1, 0.15) is 18.4 Å². The van der Waals surface area contributed by atoms with Gasteiger partial charge in [-0.3, -0.25) is 15.0 Å². The lowest BCUT2D eigenvalue weighted by Gasteiger charge is -2.42. The van der Waals surface area contributed by atoms with E-state index in [9.17, 15) is 18.9 Å². The fraction of sp³-hybridized carbons (Fsp3) is 0.500. The number of nitro groups is 1. The number of nitrogens with two attached hydrogens (primary N) is 2. The van der Waals surface area contributed by atoms with Crippen LogP contribution in [0.2, 0.25) is 0 Å². The zero-order valence-corrected chi connectivity index (χ0v) is 15.5. The van der Waals surface area contributed by atoms with Crippen LogP contribution in [-0.4, -0.2) is 47.4 Å². The third-order valence-corrected chi connectivity index (χ3v) is 5.56. The number of amidine groups is 1. The monoisotopic (exact) mass is 395 g/mol. The Morgan fingerprint density at radius 2 is 2.04 bits per heavy atom. The molecule has 0 saturated carbocycles. The largest absolute Gasteiger partial charge is 0.494 e. The van der Waals surface area contributed by atoms with Crippen molar-refractivity contribution in [3.05, 3.63) is 51.7 Å². The Labute approximate surface area is 161 Å². The van der Waals surface area contributed by atoms with Crippen LogP contribution >= 0.6 is 0 Å². The molecule has 4 N–H and O–H groups in total. The highest BCUT2D eigenvalue weighted by molar-refractivity contribution is 5.88. The number of piperidine rings is 1. The molecule has 1 saturated heterocycles. The van der Waals surface area contributed by atoms with Crippen LogP contribution in [0.4, 0.5) is 8.78 Å². The molecule has 2 aliphatic heterocycles. The van der Waals surface area contributed by atoms with E-state index in [-0.39, 0.29) is 29.6 Å². The number of rotatable bonds is 5. The van der Waals surface area contributed by atoms with Gasteiger partial charge in [-0.05, 0) is 44.0 Å². The predicted octanol–water partition coefficient (Wildman–Crippen LogP) is 1.41. The van der Waals surface area contributed by atoms with Crippen molar-refractivity contribution >= 4 is 5.84 Å². The number of hydrogen-bond acceptors (Lipinski definition) is 7. The van der Waals surface area contributed by atoms with Crippen molar-refractivity contribution in [3.8, 4) is 5.75 Å². The van der Waals surface area contributed by atoms with Crippen LogP contribution in [0.3, 0.4) is 0 Å². The number of ether oxygens (including phenoxy) is 1. The Balaban J connectivity index is 1.68. The van der Waals surface area contributed by atoms with E-state index in [0.29, 0.717) is 25.9 Å². The van der Waals surface area contributed by atoms with Crippen molar-refractivity contribution in [2.45, 2.75) is 31.0 Å². The quantitative estimate of drug-likeness (QED) is 0.575. The van der Waals surface area contributed by atoms with Gasteiger partial charge in [0, 0.05) is 29.3 Å². The summed E-state index contributed by atoms with van der Waals surface area (Å²) in [5, 5.41) is 11.5. The molecule has 2 unspecified atom stereocenters. The molecular weight excluding hydrogens is 372 g/mol. The first-order valence-corrected chi connectivity index (χ1v) is 8.93. The lowest BCUT2D eigenvalue weighted by molar-refractivity contribution is -0.513. The van der Waals surface area contributed by atoms with Crippen LogP contribution in [0.25, 0.3) is 0 Å². The number of aliphatic imine (C=N–C) groups is 1. The van der Waals surface area contributed by atoms with Gasteiger partial charge in [0.25, 0.3) is 6.04 Å². The molecule has 28 heavy (non-hydrogen) atoms. The topological polar surface area (TPSA) is 120 Å². The Hall–Kier alpha value is -2.59. The second-order valence-electron chi connectivity index (χ2n) is 7.19. The number of nitrogens with zero attached hydrogens (tertiary/aromatic N) is 3. The molecule has 1 fully saturated rings. The summed E-state index contributed by atoms with van der Waals surface area (Å²) in [6.07, 6.45) is 4.10. The normalized spacial score (nSPS) is 26.1. The first-order chi connectivity index (χ1) is 13.3. The summed E-state index contributed by atoms with van der Waals surface area (Å²) < 4.78 is 32.8. The van der Waals surface area contributed by atoms with Crippen LogP contribution in [0, 0.1) is 27.7 Å². The van der Waals surface area contributed by atoms with E-state index in [0.717, 1.165) is 12.1 Å². The molecule has 3 rings (SSSR count). The van der Waals surface area contributed by atoms with E-state index in [1.54, 1.807) is 6.08 Å². The van der Waals surface area contributed by atoms with Crippen LogP contribution in [-0.2, 0) is 6.54 Å². The van der Waals surface area contributed by atoms with E-state index in [2.05, 4.69) is 4.99 Å². The van der Waals surface area contributed by atoms with E-state index in [1.807, 2.05) is 4.90 Å². The number of halogens is 2. The maximum Gasteiger partial charge on any atom is 0.290 e. The van der Waals surface area contributed by atoms with Gasteiger partial charge in [-0.2, -0.15) is 0 Å². The van der Waals surface area contributed by atoms with E-state index in [1.165, 1.54) is 13.3 Å². The molecule has 2 atom stereocenters. The summed E-state index contributed by atoms with van der Waals surface area (Å²) in [6, 6.07) is 0.888. The summed E-state index contributed by atoms with van der Waals surface area (Å²) in [6.45, 7) is 1.33. The Kier molecular flexibility index (Phi) is 5.61. The molecule has 8 nitrogen and oxygen atoms in total. The average Bonchev–Trinajstić information content (AvgIpc) is 2.64. The smallest absolute Gasteiger partial charge is 0.290 e. The second-order valence-corrected chi connectivity index (χ2v) is 7.19. The first-order valence-electron chi connectivity index (χ1n) is 8.93. The van der Waals surface area contributed by atoms with Crippen LogP contribution in [0.15, 0.2) is 29.4 Å². The number of hydrogen-bond donors (Lipinski definition) is 2. The maximum absolute atomic E-state index is 14.2. The van der Waals surface area contributed by atoms with Crippen molar-refractivity contribution in [2.75, 3.05) is 20.2 Å². The minimum atomic E-state index is -1.28. The minimum absolute atomic E-state index is 0.104. The summed E-state index contributed by atoms with van der Waals surface area (Å²) in [4.78, 5) is 16.8. The zero-order chi connectivity index (χ0) is 20.5. The summed E-state index contributed by atoms with van der Waals surface area (Å²) in [5.74, 6) is -1.58. The van der Waals surface area contributed by atoms with Crippen molar-refractivity contribution < 1.29 is 18.4 Å². The summed E-state index contributed by atoms with van der Waals surface area (Å²) >= 11 is 0. The lowest BCUT2D eigenvalue weighted by atomic mass is 9.72. The van der Waals surface area contributed by atoms with E-state index >= 15 is 0 Å². The molecular formula is C18H23F2N5O3. The lowest BCUT2D eigenvalue weighted by Crippen LogP contribution is -2.65. The second kappa shape index (κ2) is 7.80. The van der Waals surface area contributed by atoms with Gasteiger partial charge in [0.05, 0.1) is 7.11 Å². The number of likely N-dealkylation sites (tertiary alicyclic amines) is 1. The van der Waals surface area contributed by atoms with Gasteiger partial charge in [-0.1, -0.05) is 0 Å². The van der Waals surface area contributed by atoms with Gasteiger partial charge in [0.15, 0.2) is 17.4 Å². The van der Waals surface area contributed by atoms with Gasteiger partial charge in [0.2, 0.25) is 0 Å². The molecule has 0 aromatic heterocycles. The summed E-state index contributed by atoms with van der Waals surface area (Å²) in [5.41, 5.74) is 11.1. The molecule has 0 amide bonds. The van der Waals surface area contributed by atoms with Crippen LogP contribution in [0.5, 0.6) is 5.75 Å². The highest BCUT2D eigenvalue weighted by atomic mass is 19.1. The number of benzene rings is 1. The molecule has 1 aromatic carbocycles. The van der Waals surface area contributed by atoms with Gasteiger partial charge >= 0.3 is 0 Å². The molecule has 152 valence electrons. The van der Waals surface area contributed by atoms with Crippen molar-refractivity contribution in [2.24, 2.45) is 22.4 Å². The molecule has 0 radical (unpaired) electrons. The highest BCUT2D eigenvalue weighted by Gasteiger charge is 2.51. The third-order valence-electron chi connectivity index (χ3n) is 5.56. The molecule has 0 bridgehead atoms. The van der Waals surface area contributed by atoms with Gasteiger partial charge in [-0.25, -0.2) is 13.8 Å². The van der Waals surface area contributed by atoms with Crippen LogP contribution < -0.4 is 16.2 Å². The van der Waals surface area contributed by atoms with Gasteiger partial charge < -0.3 is 16.2 Å². The summed E-state index contributed by atoms with van der Waals surface area (Å²) in [7, 11) is 1.28. The van der Waals surface area contributed by atoms with E-state index < -0.39 is 28.1 Å². The average molecular weight is 395 g/mol. The maximum atomic E-state index is 14.2. The van der Waals surface area contributed by atoms with Gasteiger partial charge in [0.1, 0.15) is 11.4 Å². The number of methoxy groups -OCH3 is 1. The molecule has 0 aliphatic carbocycles. The third kappa shape index (κ3) is 3.69. The molecule has 2 aliphatic rings. The standard InChI is InChI=1S/C18H23F2N5O3/c1-28-15-9-13(19)11(8-14(15)20)10-24-6-2-12(3-7-24)18(22)4-5-23-17(21)16(18)25(26)27/h4-5,8-9,12,16H,2-3,6-7,10,22H2,1H3,(H2,21,23). The fourth-order valence-electron chi connectivity index (χ4n) is 4.00. The molecule has 2 heterocycles. The SMILES string of the molecule is COc1cc(F)c(CN2CCC(C3(N)C=CN=C(N)C3[N+](=O)[O-])CC2)cc1F. The predicted molar refractivity (Wildman–Crippen MR) is 99.4 cm³/mol. The molecule has 0 spiro atoms. The minimum Gasteiger partial charge on any atom is -0.494 e. The van der Waals surface area contributed by atoms with E-state index in [4.69, 9.17) is 16.2 Å². The fourth-order valence-corrected chi connectivity index (χ4v) is 4.00. The highest BCUT2D eigenvalue weighted by Crippen LogP contribution is 2.34. The Bertz CT molecular complexity index is 824.